The van der Waals surface area contributed by atoms with E-state index in [-0.39, 0.29) is 22.9 Å². The molecule has 1 amide bonds. The van der Waals surface area contributed by atoms with Crippen molar-refractivity contribution < 1.29 is 18.1 Å². The van der Waals surface area contributed by atoms with Gasteiger partial charge in [0.25, 0.3) is 5.69 Å². The van der Waals surface area contributed by atoms with Gasteiger partial charge in [-0.25, -0.2) is 13.1 Å². The Bertz CT molecular complexity index is 1310. The Balaban J connectivity index is 1.38. The van der Waals surface area contributed by atoms with Crippen LogP contribution >= 0.6 is 0 Å². The van der Waals surface area contributed by atoms with Gasteiger partial charge in [-0.05, 0) is 56.0 Å². The lowest BCUT2D eigenvalue weighted by molar-refractivity contribution is -0.384. The highest BCUT2D eigenvalue weighted by molar-refractivity contribution is 7.89. The lowest BCUT2D eigenvalue weighted by Gasteiger charge is -2.25. The van der Waals surface area contributed by atoms with Crippen molar-refractivity contribution in [1.82, 2.24) is 14.1 Å². The maximum atomic E-state index is 12.8. The van der Waals surface area contributed by atoms with Crippen molar-refractivity contribution in [3.8, 4) is 5.69 Å². The predicted octanol–water partition coefficient (Wildman–Crippen LogP) is 3.83. The zero-order valence-corrected chi connectivity index (χ0v) is 20.2. The predicted molar refractivity (Wildman–Crippen MR) is 131 cm³/mol. The molecule has 1 N–H and O–H groups in total. The van der Waals surface area contributed by atoms with Crippen molar-refractivity contribution in [1.29, 1.82) is 0 Å². The normalized spacial score (nSPS) is 14.5. The number of aromatic nitrogens is 2. The molecule has 2 aromatic carbocycles. The molecule has 3 aromatic rings. The molecular formula is C24H27N5O5S. The van der Waals surface area contributed by atoms with Gasteiger partial charge in [-0.15, -0.1) is 0 Å². The lowest BCUT2D eigenvalue weighted by Crippen LogP contribution is -2.35. The topological polar surface area (TPSA) is 127 Å². The van der Waals surface area contributed by atoms with Gasteiger partial charge < -0.3 is 5.32 Å². The molecule has 0 bridgehead atoms. The number of sulfonamides is 1. The van der Waals surface area contributed by atoms with Crippen LogP contribution in [0.5, 0.6) is 0 Å². The van der Waals surface area contributed by atoms with Crippen LogP contribution in [-0.2, 0) is 21.2 Å². The van der Waals surface area contributed by atoms with Crippen LogP contribution in [-0.4, -0.2) is 46.4 Å². The summed E-state index contributed by atoms with van der Waals surface area (Å²) in [6.07, 6.45) is 3.47. The van der Waals surface area contributed by atoms with E-state index in [4.69, 9.17) is 0 Å². The van der Waals surface area contributed by atoms with Gasteiger partial charge in [-0.3, -0.25) is 14.9 Å². The number of benzene rings is 2. The van der Waals surface area contributed by atoms with E-state index in [2.05, 4.69) is 10.4 Å². The van der Waals surface area contributed by atoms with E-state index in [1.807, 2.05) is 0 Å². The third-order valence-corrected chi connectivity index (χ3v) is 7.83. The van der Waals surface area contributed by atoms with Crippen molar-refractivity contribution in [3.63, 3.8) is 0 Å². The monoisotopic (exact) mass is 497 g/mol. The zero-order valence-electron chi connectivity index (χ0n) is 19.4. The molecule has 4 rings (SSSR count). The van der Waals surface area contributed by atoms with Gasteiger partial charge in [-0.2, -0.15) is 9.40 Å². The highest BCUT2D eigenvalue weighted by Crippen LogP contribution is 2.22. The van der Waals surface area contributed by atoms with Gasteiger partial charge in [0, 0.05) is 37.7 Å². The molecule has 11 heteroatoms. The van der Waals surface area contributed by atoms with Crippen LogP contribution in [0.1, 0.15) is 36.9 Å². The first-order valence-electron chi connectivity index (χ1n) is 11.4. The summed E-state index contributed by atoms with van der Waals surface area (Å²) in [6.45, 7) is 2.90. The summed E-state index contributed by atoms with van der Waals surface area (Å²) in [5.74, 6) is 0.238. The molecule has 1 fully saturated rings. The Morgan fingerprint density at radius 2 is 1.71 bits per heavy atom. The third kappa shape index (κ3) is 5.75. The first-order chi connectivity index (χ1) is 16.7. The SMILES string of the molecule is Cc1cc(NC(=O)CCc2ccc(S(=O)(=O)N3CCCCC3)cc2)n(-c2ccc([N+](=O)[O-])cc2)n1. The van der Waals surface area contributed by atoms with E-state index >= 15 is 0 Å². The molecule has 10 nitrogen and oxygen atoms in total. The molecule has 0 saturated carbocycles. The molecule has 1 aliphatic rings. The van der Waals surface area contributed by atoms with E-state index in [1.54, 1.807) is 49.4 Å². The number of nitrogens with zero attached hydrogens (tertiary/aromatic N) is 4. The fourth-order valence-corrected chi connectivity index (χ4v) is 5.56. The molecule has 1 aliphatic heterocycles. The molecule has 184 valence electrons. The van der Waals surface area contributed by atoms with Crippen molar-refractivity contribution >= 4 is 27.4 Å². The number of amides is 1. The Labute approximate surface area is 203 Å². The molecule has 2 heterocycles. The van der Waals surface area contributed by atoms with Gasteiger partial charge in [0.05, 0.1) is 21.2 Å². The minimum absolute atomic E-state index is 0.0297. The van der Waals surface area contributed by atoms with Gasteiger partial charge in [0.15, 0.2) is 0 Å². The minimum atomic E-state index is -3.48. The van der Waals surface area contributed by atoms with E-state index in [9.17, 15) is 23.3 Å². The minimum Gasteiger partial charge on any atom is -0.311 e. The lowest BCUT2D eigenvalue weighted by atomic mass is 10.1. The molecule has 1 aromatic heterocycles. The number of rotatable bonds is 8. The molecule has 0 atom stereocenters. The van der Waals surface area contributed by atoms with Crippen molar-refractivity contribution in [3.05, 3.63) is 76.0 Å². The molecule has 0 spiro atoms. The maximum absolute atomic E-state index is 12.8. The number of carbonyl (C=O) groups excluding carboxylic acids is 1. The number of anilines is 1. The second-order valence-electron chi connectivity index (χ2n) is 8.51. The first kappa shape index (κ1) is 24.6. The summed E-state index contributed by atoms with van der Waals surface area (Å²) in [4.78, 5) is 23.3. The quantitative estimate of drug-likeness (QED) is 0.372. The Hall–Kier alpha value is -3.57. The number of hydrogen-bond acceptors (Lipinski definition) is 6. The number of nitro benzene ring substituents is 1. The number of nitro groups is 1. The van der Waals surface area contributed by atoms with Crippen molar-refractivity contribution in [2.24, 2.45) is 0 Å². The first-order valence-corrected chi connectivity index (χ1v) is 12.9. The average Bonchev–Trinajstić information content (AvgIpc) is 3.23. The van der Waals surface area contributed by atoms with Crippen LogP contribution < -0.4 is 5.32 Å². The van der Waals surface area contributed by atoms with Crippen molar-refractivity contribution in [2.45, 2.75) is 43.9 Å². The second-order valence-corrected chi connectivity index (χ2v) is 10.5. The third-order valence-electron chi connectivity index (χ3n) is 5.92. The summed E-state index contributed by atoms with van der Waals surface area (Å²) in [5.41, 5.74) is 2.10. The number of hydrogen-bond donors (Lipinski definition) is 1. The number of piperidine rings is 1. The molecule has 0 radical (unpaired) electrons. The second kappa shape index (κ2) is 10.4. The van der Waals surface area contributed by atoms with Crippen LogP contribution in [0.4, 0.5) is 11.5 Å². The summed E-state index contributed by atoms with van der Waals surface area (Å²) in [6, 6.07) is 14.3. The number of aryl methyl sites for hydroxylation is 2. The van der Waals surface area contributed by atoms with Crippen molar-refractivity contribution in [2.75, 3.05) is 18.4 Å². The number of carbonyl (C=O) groups is 1. The fraction of sp³-hybridized carbons (Fsp3) is 0.333. The molecule has 1 saturated heterocycles. The summed E-state index contributed by atoms with van der Waals surface area (Å²) in [7, 11) is -3.48. The highest BCUT2D eigenvalue weighted by Gasteiger charge is 2.25. The zero-order chi connectivity index (χ0) is 25.0. The van der Waals surface area contributed by atoms with Crippen LogP contribution in [0.3, 0.4) is 0 Å². The summed E-state index contributed by atoms with van der Waals surface area (Å²) >= 11 is 0. The van der Waals surface area contributed by atoms with E-state index in [0.717, 1.165) is 24.8 Å². The van der Waals surface area contributed by atoms with Crippen LogP contribution in [0.25, 0.3) is 5.69 Å². The van der Waals surface area contributed by atoms with E-state index in [1.165, 1.54) is 21.1 Å². The summed E-state index contributed by atoms with van der Waals surface area (Å²) in [5, 5.41) is 18.1. The smallest absolute Gasteiger partial charge is 0.269 e. The van der Waals surface area contributed by atoms with Gasteiger partial charge >= 0.3 is 0 Å². The fourth-order valence-electron chi connectivity index (χ4n) is 4.05. The summed E-state index contributed by atoms with van der Waals surface area (Å²) < 4.78 is 28.6. The Morgan fingerprint density at radius 1 is 1.06 bits per heavy atom. The Morgan fingerprint density at radius 3 is 2.34 bits per heavy atom. The molecular weight excluding hydrogens is 470 g/mol. The van der Waals surface area contributed by atoms with Crippen LogP contribution in [0.2, 0.25) is 0 Å². The standard InChI is InChI=1S/C24H27N5O5S/c1-18-17-23(28(26-18)20-8-10-21(11-9-20)29(31)32)25-24(30)14-7-19-5-12-22(13-6-19)35(33,34)27-15-3-2-4-16-27/h5-6,8-13,17H,2-4,7,14-16H2,1H3,(H,25,30). The molecule has 0 unspecified atom stereocenters. The molecule has 35 heavy (non-hydrogen) atoms. The number of non-ortho nitro benzene ring substituents is 1. The van der Waals surface area contributed by atoms with Gasteiger partial charge in [0.1, 0.15) is 5.82 Å². The van der Waals surface area contributed by atoms with Crippen LogP contribution in [0, 0.1) is 17.0 Å². The van der Waals surface area contributed by atoms with E-state index in [0.29, 0.717) is 36.7 Å². The highest BCUT2D eigenvalue weighted by atomic mass is 32.2. The van der Waals surface area contributed by atoms with Gasteiger partial charge in [-0.1, -0.05) is 18.6 Å². The maximum Gasteiger partial charge on any atom is 0.269 e. The van der Waals surface area contributed by atoms with Gasteiger partial charge in [0.2, 0.25) is 15.9 Å². The molecule has 0 aliphatic carbocycles. The Kier molecular flexibility index (Phi) is 7.27. The van der Waals surface area contributed by atoms with Crippen LogP contribution in [0.15, 0.2) is 59.5 Å². The van der Waals surface area contributed by atoms with E-state index < -0.39 is 14.9 Å². The largest absolute Gasteiger partial charge is 0.311 e. The number of nitrogens with one attached hydrogen (secondary N) is 1. The average molecular weight is 498 g/mol.